The van der Waals surface area contributed by atoms with E-state index >= 15 is 0 Å². The lowest BCUT2D eigenvalue weighted by molar-refractivity contribution is 0.109. The molecule has 1 atom stereocenters. The van der Waals surface area contributed by atoms with Gasteiger partial charge in [-0.2, -0.15) is 4.98 Å². The SMILES string of the molecule is COc1ccc([C@@H](O)CN2CCN(c3nccc(OC)n3)CC2)cc1. The van der Waals surface area contributed by atoms with E-state index in [4.69, 9.17) is 9.47 Å². The quantitative estimate of drug-likeness (QED) is 0.848. The van der Waals surface area contributed by atoms with Crippen molar-refractivity contribution in [1.29, 1.82) is 0 Å². The van der Waals surface area contributed by atoms with Crippen molar-refractivity contribution < 1.29 is 14.6 Å². The molecular formula is C18H24N4O3. The van der Waals surface area contributed by atoms with Crippen LogP contribution in [0.15, 0.2) is 36.5 Å². The molecule has 2 heterocycles. The van der Waals surface area contributed by atoms with E-state index in [1.165, 1.54) is 0 Å². The van der Waals surface area contributed by atoms with Crippen LogP contribution in [0.1, 0.15) is 11.7 Å². The molecule has 1 N–H and O–H groups in total. The zero-order valence-corrected chi connectivity index (χ0v) is 14.6. The van der Waals surface area contributed by atoms with Crippen LogP contribution in [0.25, 0.3) is 0 Å². The summed E-state index contributed by atoms with van der Waals surface area (Å²) in [7, 11) is 3.24. The molecule has 3 rings (SSSR count). The van der Waals surface area contributed by atoms with Gasteiger partial charge < -0.3 is 19.5 Å². The summed E-state index contributed by atoms with van der Waals surface area (Å²) in [5, 5.41) is 10.5. The molecule has 1 aliphatic heterocycles. The molecule has 2 aromatic rings. The van der Waals surface area contributed by atoms with Gasteiger partial charge in [0.15, 0.2) is 0 Å². The maximum Gasteiger partial charge on any atom is 0.228 e. The fourth-order valence-corrected chi connectivity index (χ4v) is 2.90. The van der Waals surface area contributed by atoms with Crippen molar-refractivity contribution in [2.24, 2.45) is 0 Å². The van der Waals surface area contributed by atoms with Crippen LogP contribution in [0.2, 0.25) is 0 Å². The molecule has 0 unspecified atom stereocenters. The number of piperazine rings is 1. The van der Waals surface area contributed by atoms with Crippen molar-refractivity contribution >= 4 is 5.95 Å². The van der Waals surface area contributed by atoms with Gasteiger partial charge in [-0.3, -0.25) is 4.90 Å². The molecule has 7 heteroatoms. The second-order valence-corrected chi connectivity index (χ2v) is 5.98. The molecule has 25 heavy (non-hydrogen) atoms. The van der Waals surface area contributed by atoms with E-state index < -0.39 is 6.10 Å². The molecule has 1 aromatic carbocycles. The lowest BCUT2D eigenvalue weighted by Crippen LogP contribution is -2.48. The first-order chi connectivity index (χ1) is 12.2. The average molecular weight is 344 g/mol. The Morgan fingerprint density at radius 2 is 1.76 bits per heavy atom. The molecule has 7 nitrogen and oxygen atoms in total. The third-order valence-corrected chi connectivity index (χ3v) is 4.41. The van der Waals surface area contributed by atoms with Crippen LogP contribution in [0.5, 0.6) is 11.6 Å². The van der Waals surface area contributed by atoms with Gasteiger partial charge in [0.05, 0.1) is 20.3 Å². The molecule has 0 amide bonds. The van der Waals surface area contributed by atoms with E-state index in [1.54, 1.807) is 26.5 Å². The van der Waals surface area contributed by atoms with E-state index in [0.29, 0.717) is 18.4 Å². The molecule has 1 fully saturated rings. The third kappa shape index (κ3) is 4.37. The van der Waals surface area contributed by atoms with Gasteiger partial charge >= 0.3 is 0 Å². The Kier molecular flexibility index (Phi) is 5.67. The molecule has 0 bridgehead atoms. The Hall–Kier alpha value is -2.38. The fourth-order valence-electron chi connectivity index (χ4n) is 2.90. The zero-order valence-electron chi connectivity index (χ0n) is 14.6. The number of hydrogen-bond donors (Lipinski definition) is 1. The van der Waals surface area contributed by atoms with Crippen LogP contribution in [-0.2, 0) is 0 Å². The normalized spacial score (nSPS) is 16.5. The highest BCUT2D eigenvalue weighted by atomic mass is 16.5. The summed E-state index contributed by atoms with van der Waals surface area (Å²) in [4.78, 5) is 13.1. The Morgan fingerprint density at radius 1 is 1.04 bits per heavy atom. The molecule has 0 saturated carbocycles. The topological polar surface area (TPSA) is 71.0 Å². The molecule has 0 radical (unpaired) electrons. The van der Waals surface area contributed by atoms with Crippen LogP contribution in [0, 0.1) is 0 Å². The van der Waals surface area contributed by atoms with Gasteiger partial charge in [0, 0.05) is 45.0 Å². The first-order valence-corrected chi connectivity index (χ1v) is 8.36. The van der Waals surface area contributed by atoms with E-state index in [2.05, 4.69) is 19.8 Å². The van der Waals surface area contributed by atoms with E-state index in [-0.39, 0.29) is 0 Å². The minimum absolute atomic E-state index is 0.509. The highest BCUT2D eigenvalue weighted by molar-refractivity contribution is 5.33. The Morgan fingerprint density at radius 3 is 2.40 bits per heavy atom. The van der Waals surface area contributed by atoms with Crippen molar-refractivity contribution in [3.8, 4) is 11.6 Å². The highest BCUT2D eigenvalue weighted by Gasteiger charge is 2.21. The van der Waals surface area contributed by atoms with Crippen LogP contribution >= 0.6 is 0 Å². The summed E-state index contributed by atoms with van der Waals surface area (Å²) in [6.07, 6.45) is 1.20. The fraction of sp³-hybridized carbons (Fsp3) is 0.444. The van der Waals surface area contributed by atoms with Gasteiger partial charge in [0.2, 0.25) is 11.8 Å². The summed E-state index contributed by atoms with van der Waals surface area (Å²) in [5.74, 6) is 2.06. The number of aromatic nitrogens is 2. The molecule has 134 valence electrons. The van der Waals surface area contributed by atoms with E-state index in [0.717, 1.165) is 37.5 Å². The van der Waals surface area contributed by atoms with Crippen LogP contribution < -0.4 is 14.4 Å². The van der Waals surface area contributed by atoms with Gasteiger partial charge in [0.1, 0.15) is 5.75 Å². The number of nitrogens with zero attached hydrogens (tertiary/aromatic N) is 4. The zero-order chi connectivity index (χ0) is 17.6. The molecule has 1 saturated heterocycles. The van der Waals surface area contributed by atoms with Crippen molar-refractivity contribution in [2.45, 2.75) is 6.10 Å². The first kappa shape index (κ1) is 17.4. The van der Waals surface area contributed by atoms with Gasteiger partial charge in [0.25, 0.3) is 0 Å². The smallest absolute Gasteiger partial charge is 0.228 e. The second-order valence-electron chi connectivity index (χ2n) is 5.98. The number of methoxy groups -OCH3 is 2. The third-order valence-electron chi connectivity index (χ3n) is 4.41. The minimum atomic E-state index is -0.509. The van der Waals surface area contributed by atoms with Crippen LogP contribution in [0.3, 0.4) is 0 Å². The molecule has 0 spiro atoms. The summed E-state index contributed by atoms with van der Waals surface area (Å²) in [5.41, 5.74) is 0.902. The maximum absolute atomic E-state index is 10.5. The largest absolute Gasteiger partial charge is 0.497 e. The predicted molar refractivity (Wildman–Crippen MR) is 95.2 cm³/mol. The first-order valence-electron chi connectivity index (χ1n) is 8.36. The van der Waals surface area contributed by atoms with E-state index in [1.807, 2.05) is 24.3 Å². The monoisotopic (exact) mass is 344 g/mol. The van der Waals surface area contributed by atoms with Crippen molar-refractivity contribution in [3.63, 3.8) is 0 Å². The van der Waals surface area contributed by atoms with Gasteiger partial charge in [-0.25, -0.2) is 4.98 Å². The number of β-amino-alcohol motifs (C(OH)–C–C–N with tert-alkyl or cyclic N) is 1. The van der Waals surface area contributed by atoms with Crippen LogP contribution in [0.4, 0.5) is 5.95 Å². The Bertz CT molecular complexity index is 672. The summed E-state index contributed by atoms with van der Waals surface area (Å²) in [6, 6.07) is 9.30. The highest BCUT2D eigenvalue weighted by Crippen LogP contribution is 2.20. The minimum Gasteiger partial charge on any atom is -0.497 e. The lowest BCUT2D eigenvalue weighted by Gasteiger charge is -2.35. The van der Waals surface area contributed by atoms with Crippen molar-refractivity contribution in [2.75, 3.05) is 51.8 Å². The van der Waals surface area contributed by atoms with Gasteiger partial charge in [-0.1, -0.05) is 12.1 Å². The predicted octanol–water partition coefficient (Wildman–Crippen LogP) is 1.35. The molecule has 0 aliphatic carbocycles. The number of aliphatic hydroxyl groups is 1. The Balaban J connectivity index is 1.53. The summed E-state index contributed by atoms with van der Waals surface area (Å²) >= 11 is 0. The summed E-state index contributed by atoms with van der Waals surface area (Å²) in [6.45, 7) is 3.96. The number of benzene rings is 1. The number of rotatable bonds is 6. The standard InChI is InChI=1S/C18H24N4O3/c1-24-15-5-3-14(4-6-15)16(23)13-21-9-11-22(12-10-21)18-19-8-7-17(20-18)25-2/h3-8,16,23H,9-13H2,1-2H3/t16-/m0/s1. The van der Waals surface area contributed by atoms with Gasteiger partial charge in [-0.05, 0) is 17.7 Å². The van der Waals surface area contributed by atoms with Gasteiger partial charge in [-0.15, -0.1) is 0 Å². The second kappa shape index (κ2) is 8.13. The lowest BCUT2D eigenvalue weighted by atomic mass is 10.1. The number of ether oxygens (including phenoxy) is 2. The van der Waals surface area contributed by atoms with Crippen LogP contribution in [-0.4, -0.2) is 66.9 Å². The molecule has 1 aromatic heterocycles. The maximum atomic E-state index is 10.5. The number of hydrogen-bond acceptors (Lipinski definition) is 7. The average Bonchev–Trinajstić information content (AvgIpc) is 2.68. The Labute approximate surface area is 147 Å². The number of aliphatic hydroxyl groups excluding tert-OH is 1. The molecular weight excluding hydrogens is 320 g/mol. The number of anilines is 1. The van der Waals surface area contributed by atoms with Crippen molar-refractivity contribution in [3.05, 3.63) is 42.1 Å². The summed E-state index contributed by atoms with van der Waals surface area (Å²) < 4.78 is 10.3. The van der Waals surface area contributed by atoms with E-state index in [9.17, 15) is 5.11 Å². The molecule has 1 aliphatic rings. The van der Waals surface area contributed by atoms with Crippen molar-refractivity contribution in [1.82, 2.24) is 14.9 Å².